The first-order valence-electron chi connectivity index (χ1n) is 9.35. The van der Waals surface area contributed by atoms with Crippen molar-refractivity contribution in [3.63, 3.8) is 0 Å². The summed E-state index contributed by atoms with van der Waals surface area (Å²) in [6, 6.07) is 11.8. The SMILES string of the molecule is CN1CC=C(c2cn(S(=O)(=O)c3csc4ccccc34)c3ccc(F)cc23)CC1. The van der Waals surface area contributed by atoms with Gasteiger partial charge in [-0.05, 0) is 43.3 Å². The van der Waals surface area contributed by atoms with Crippen LogP contribution in [0.2, 0.25) is 0 Å². The third-order valence-corrected chi connectivity index (χ3v) is 8.30. The van der Waals surface area contributed by atoms with E-state index >= 15 is 0 Å². The van der Waals surface area contributed by atoms with Crippen molar-refractivity contribution < 1.29 is 12.8 Å². The van der Waals surface area contributed by atoms with Crippen molar-refractivity contribution in [2.75, 3.05) is 20.1 Å². The average molecular weight is 427 g/mol. The molecule has 4 nitrogen and oxygen atoms in total. The first-order chi connectivity index (χ1) is 13.9. The highest BCUT2D eigenvalue weighted by atomic mass is 32.2. The normalized spacial score (nSPS) is 15.9. The summed E-state index contributed by atoms with van der Waals surface area (Å²) in [4.78, 5) is 2.47. The highest BCUT2D eigenvalue weighted by Crippen LogP contribution is 2.36. The van der Waals surface area contributed by atoms with Gasteiger partial charge >= 0.3 is 0 Å². The van der Waals surface area contributed by atoms with Gasteiger partial charge in [-0.2, -0.15) is 0 Å². The lowest BCUT2D eigenvalue weighted by Gasteiger charge is -2.21. The number of nitrogens with zero attached hydrogens (tertiary/aromatic N) is 2. The minimum Gasteiger partial charge on any atom is -0.302 e. The number of fused-ring (bicyclic) bond motifs is 2. The van der Waals surface area contributed by atoms with Crippen LogP contribution in [0.25, 0.3) is 26.6 Å². The van der Waals surface area contributed by atoms with E-state index < -0.39 is 10.0 Å². The molecule has 3 heterocycles. The van der Waals surface area contributed by atoms with E-state index in [-0.39, 0.29) is 10.7 Å². The fourth-order valence-corrected chi connectivity index (χ4v) is 6.75. The van der Waals surface area contributed by atoms with Crippen molar-refractivity contribution >= 4 is 47.9 Å². The molecule has 0 unspecified atom stereocenters. The van der Waals surface area contributed by atoms with Gasteiger partial charge in [-0.1, -0.05) is 24.3 Å². The van der Waals surface area contributed by atoms with E-state index in [1.807, 2.05) is 31.3 Å². The second-order valence-corrected chi connectivity index (χ2v) is 10.0. The Morgan fingerprint density at radius 1 is 1.10 bits per heavy atom. The van der Waals surface area contributed by atoms with Crippen LogP contribution in [0.1, 0.15) is 12.0 Å². The van der Waals surface area contributed by atoms with Crippen LogP contribution in [0, 0.1) is 5.82 Å². The Morgan fingerprint density at radius 3 is 2.72 bits per heavy atom. The molecule has 0 N–H and O–H groups in total. The second kappa shape index (κ2) is 6.79. The third-order valence-electron chi connectivity index (χ3n) is 5.47. The van der Waals surface area contributed by atoms with Crippen molar-refractivity contribution in [2.24, 2.45) is 0 Å². The Kier molecular flexibility index (Phi) is 4.34. The molecule has 29 heavy (non-hydrogen) atoms. The fraction of sp³-hybridized carbons (Fsp3) is 0.182. The lowest BCUT2D eigenvalue weighted by atomic mass is 9.99. The van der Waals surface area contributed by atoms with Gasteiger partial charge in [0, 0.05) is 45.7 Å². The van der Waals surface area contributed by atoms with Gasteiger partial charge in [-0.15, -0.1) is 11.3 Å². The van der Waals surface area contributed by atoms with Crippen LogP contribution in [-0.4, -0.2) is 37.4 Å². The molecule has 0 spiro atoms. The van der Waals surface area contributed by atoms with E-state index in [1.165, 1.54) is 27.4 Å². The van der Waals surface area contributed by atoms with Gasteiger partial charge in [0.15, 0.2) is 0 Å². The van der Waals surface area contributed by atoms with E-state index in [4.69, 9.17) is 0 Å². The third kappa shape index (κ3) is 3.01. The van der Waals surface area contributed by atoms with Crippen LogP contribution in [0.3, 0.4) is 0 Å². The number of thiophene rings is 1. The summed E-state index contributed by atoms with van der Waals surface area (Å²) in [5.41, 5.74) is 2.34. The van der Waals surface area contributed by atoms with Crippen LogP contribution in [-0.2, 0) is 10.0 Å². The predicted octanol–water partition coefficient (Wildman–Crippen LogP) is 4.95. The number of hydrogen-bond donors (Lipinski definition) is 0. The molecule has 2 aromatic carbocycles. The number of hydrogen-bond acceptors (Lipinski definition) is 4. The van der Waals surface area contributed by atoms with Gasteiger partial charge in [0.2, 0.25) is 0 Å². The maximum Gasteiger partial charge on any atom is 0.269 e. The Hall–Kier alpha value is -2.48. The molecule has 0 saturated carbocycles. The Morgan fingerprint density at radius 2 is 1.93 bits per heavy atom. The summed E-state index contributed by atoms with van der Waals surface area (Å²) >= 11 is 1.41. The molecule has 5 rings (SSSR count). The number of benzene rings is 2. The minimum atomic E-state index is -3.82. The van der Waals surface area contributed by atoms with Gasteiger partial charge in [0.1, 0.15) is 10.7 Å². The summed E-state index contributed by atoms with van der Waals surface area (Å²) < 4.78 is 43.5. The van der Waals surface area contributed by atoms with Crippen LogP contribution >= 0.6 is 11.3 Å². The van der Waals surface area contributed by atoms with Crippen LogP contribution < -0.4 is 0 Å². The standard InChI is InChI=1S/C22H19FN2O2S2/c1-24-10-8-15(9-11-24)19-13-25(20-7-6-16(23)12-18(19)20)29(26,27)22-14-28-21-5-3-2-4-17(21)22/h2-8,12-14H,9-11H2,1H3. The number of rotatable bonds is 3. The second-order valence-electron chi connectivity index (χ2n) is 7.34. The molecule has 4 aromatic rings. The monoisotopic (exact) mass is 426 g/mol. The van der Waals surface area contributed by atoms with Gasteiger partial charge in [-0.25, -0.2) is 16.8 Å². The molecule has 1 aliphatic heterocycles. The van der Waals surface area contributed by atoms with Gasteiger partial charge in [0.25, 0.3) is 10.0 Å². The van der Waals surface area contributed by atoms with Crippen molar-refractivity contribution in [3.05, 3.63) is 71.5 Å². The Labute approximate surface area is 172 Å². The summed E-state index contributed by atoms with van der Waals surface area (Å²) in [6.45, 7) is 1.68. The first kappa shape index (κ1) is 18.5. The maximum atomic E-state index is 14.0. The number of halogens is 1. The lowest BCUT2D eigenvalue weighted by molar-refractivity contribution is 0.370. The van der Waals surface area contributed by atoms with Gasteiger partial charge in [-0.3, -0.25) is 0 Å². The Bertz CT molecular complexity index is 1380. The first-order valence-corrected chi connectivity index (χ1v) is 11.7. The summed E-state index contributed by atoms with van der Waals surface area (Å²) in [5.74, 6) is -0.372. The van der Waals surface area contributed by atoms with Crippen molar-refractivity contribution in [2.45, 2.75) is 11.3 Å². The van der Waals surface area contributed by atoms with Crippen LogP contribution in [0.4, 0.5) is 4.39 Å². The molecule has 0 fully saturated rings. The molecule has 0 saturated heterocycles. The summed E-state index contributed by atoms with van der Waals surface area (Å²) in [6.07, 6.45) is 4.55. The van der Waals surface area contributed by atoms with E-state index in [0.29, 0.717) is 16.3 Å². The highest BCUT2D eigenvalue weighted by molar-refractivity contribution is 7.90. The molecule has 0 atom stereocenters. The molecule has 0 bridgehead atoms. The van der Waals surface area contributed by atoms with Crippen molar-refractivity contribution in [3.8, 4) is 0 Å². The predicted molar refractivity (Wildman–Crippen MR) is 116 cm³/mol. The molecule has 0 amide bonds. The molecular weight excluding hydrogens is 407 g/mol. The topological polar surface area (TPSA) is 42.3 Å². The zero-order valence-electron chi connectivity index (χ0n) is 15.8. The zero-order chi connectivity index (χ0) is 20.2. The van der Waals surface area contributed by atoms with Crippen LogP contribution in [0.15, 0.2) is 65.0 Å². The highest BCUT2D eigenvalue weighted by Gasteiger charge is 2.26. The van der Waals surface area contributed by atoms with Gasteiger partial charge < -0.3 is 4.90 Å². The molecule has 1 aliphatic rings. The smallest absolute Gasteiger partial charge is 0.269 e. The quantitative estimate of drug-likeness (QED) is 0.465. The van der Waals surface area contributed by atoms with Gasteiger partial charge in [0.05, 0.1) is 5.52 Å². The van der Waals surface area contributed by atoms with Crippen molar-refractivity contribution in [1.82, 2.24) is 8.87 Å². The molecule has 148 valence electrons. The molecule has 0 radical (unpaired) electrons. The lowest BCUT2D eigenvalue weighted by Crippen LogP contribution is -2.23. The zero-order valence-corrected chi connectivity index (χ0v) is 17.4. The molecule has 2 aromatic heterocycles. The van der Waals surface area contributed by atoms with E-state index in [1.54, 1.807) is 17.6 Å². The molecular formula is C22H19FN2O2S2. The average Bonchev–Trinajstić information content (AvgIpc) is 3.31. The van der Waals surface area contributed by atoms with Crippen LogP contribution in [0.5, 0.6) is 0 Å². The number of aromatic nitrogens is 1. The summed E-state index contributed by atoms with van der Waals surface area (Å²) in [7, 11) is -1.78. The largest absolute Gasteiger partial charge is 0.302 e. The molecule has 0 aliphatic carbocycles. The Balaban J connectivity index is 1.75. The number of likely N-dealkylation sites (N-methyl/N-ethyl adjacent to an activating group) is 1. The summed E-state index contributed by atoms with van der Waals surface area (Å²) in [5, 5.41) is 3.02. The van der Waals surface area contributed by atoms with Crippen molar-refractivity contribution in [1.29, 1.82) is 0 Å². The van der Waals surface area contributed by atoms with E-state index in [9.17, 15) is 12.8 Å². The van der Waals surface area contributed by atoms with E-state index in [0.717, 1.165) is 35.3 Å². The fourth-order valence-electron chi connectivity index (χ4n) is 3.90. The molecule has 7 heteroatoms. The maximum absolute atomic E-state index is 14.0. The minimum absolute atomic E-state index is 0.281. The van der Waals surface area contributed by atoms with E-state index in [2.05, 4.69) is 11.0 Å².